The molecule has 0 aliphatic carbocycles. The fourth-order valence-corrected chi connectivity index (χ4v) is 10.8. The zero-order valence-corrected chi connectivity index (χ0v) is 35.6. The van der Waals surface area contributed by atoms with Crippen molar-refractivity contribution in [1.29, 1.82) is 0 Å². The summed E-state index contributed by atoms with van der Waals surface area (Å²) in [6.07, 6.45) is 5.46. The third-order valence-electron chi connectivity index (χ3n) is 11.5. The number of fused-ring (bicyclic) bond motifs is 1. The Hall–Kier alpha value is -6.78. The predicted molar refractivity (Wildman–Crippen MR) is 237 cm³/mol. The predicted octanol–water partition coefficient (Wildman–Crippen LogP) is 8.93. The fraction of sp³-hybridized carbons (Fsp3) is 0.261. The molecule has 2 fully saturated rings. The van der Waals surface area contributed by atoms with Crippen LogP contribution in [0.15, 0.2) is 109 Å². The highest BCUT2D eigenvalue weighted by molar-refractivity contribution is 7.31. The maximum Gasteiger partial charge on any atom is 0.407 e. The monoisotopic (exact) mass is 868 g/mol. The van der Waals surface area contributed by atoms with Crippen LogP contribution in [0.25, 0.3) is 41.7 Å². The summed E-state index contributed by atoms with van der Waals surface area (Å²) in [5, 5.41) is 5.44. The van der Waals surface area contributed by atoms with Gasteiger partial charge in [0.05, 0.1) is 55.0 Å². The number of aromatic nitrogens is 4. The summed E-state index contributed by atoms with van der Waals surface area (Å²) in [4.78, 5) is 74.6. The van der Waals surface area contributed by atoms with Gasteiger partial charge in [-0.2, -0.15) is 0 Å². The number of aromatic amines is 2. The first-order valence-electron chi connectivity index (χ1n) is 20.4. The Morgan fingerprint density at radius 3 is 1.60 bits per heavy atom. The number of alkyl carbamates (subject to hydrolysis) is 2. The molecule has 4 atom stereocenters. The first-order chi connectivity index (χ1) is 30.3. The van der Waals surface area contributed by atoms with Gasteiger partial charge >= 0.3 is 12.2 Å². The molecule has 2 aliphatic rings. The molecule has 62 heavy (non-hydrogen) atoms. The largest absolute Gasteiger partial charge is 0.453 e. The van der Waals surface area contributed by atoms with Crippen LogP contribution in [0, 0.1) is 0 Å². The second-order valence-electron chi connectivity index (χ2n) is 15.2. The minimum absolute atomic E-state index is 0.206. The number of H-pyrrole nitrogens is 2. The number of nitrogens with one attached hydrogen (secondary N) is 4. The molecule has 0 unspecified atom stereocenters. The summed E-state index contributed by atoms with van der Waals surface area (Å²) in [5.74, 6) is 1.01. The third kappa shape index (κ3) is 8.18. The summed E-state index contributed by atoms with van der Waals surface area (Å²) in [6, 6.07) is 28.9. The zero-order chi connectivity index (χ0) is 42.7. The summed E-state index contributed by atoms with van der Waals surface area (Å²) < 4.78 is 12.0. The van der Waals surface area contributed by atoms with Crippen LogP contribution >= 0.6 is 22.7 Å². The molecule has 6 heterocycles. The SMILES string of the molecule is COC(=O)N[C@@H](C(=O)N1CCC[C@H]1c1ncc(-c2ccc(-c3cc4sc(-c5cnc([C@@H]6CCCN6C(=O)[C@H](NC(=O)OC)c6ccccc6)[nH]5)cc4s3)cc2)[nH]1)c1ccccc1. The second-order valence-corrected chi connectivity index (χ2v) is 17.4. The lowest BCUT2D eigenvalue weighted by Gasteiger charge is -2.28. The molecule has 4 aromatic heterocycles. The van der Waals surface area contributed by atoms with Crippen LogP contribution in [0.5, 0.6) is 0 Å². The molecular formula is C46H44N8O6S2. The van der Waals surface area contributed by atoms with E-state index < -0.39 is 24.3 Å². The number of carbonyl (C=O) groups is 4. The molecule has 2 aliphatic heterocycles. The van der Waals surface area contributed by atoms with Crippen molar-refractivity contribution in [3.63, 3.8) is 0 Å². The lowest BCUT2D eigenvalue weighted by atomic mass is 10.1. The van der Waals surface area contributed by atoms with Gasteiger partial charge in [-0.25, -0.2) is 19.6 Å². The standard InChI is InChI=1S/C46H44N8O6S2/c1-59-45(57)51-39(29-11-5-3-6-12-29)43(55)53-21-9-15-33(53)41-47-25-31(49-41)27-17-19-28(20-18-27)35-23-37-38(61-35)24-36(62-37)32-26-48-42(50-32)34-16-10-22-54(34)44(56)40(52-46(58)60-2)30-13-7-4-8-14-30/h3-8,11-14,17-20,23-26,33-34,39-40H,9-10,15-16,21-22H2,1-2H3,(H,47,49)(H,48,50)(H,51,57)(H,52,58)/t33-,34-,39+,40+/m0/s1. The molecule has 0 spiro atoms. The van der Waals surface area contributed by atoms with Gasteiger partial charge in [-0.15, -0.1) is 22.7 Å². The lowest BCUT2D eigenvalue weighted by Crippen LogP contribution is -2.42. The number of ether oxygens (including phenoxy) is 2. The number of amides is 4. The van der Waals surface area contributed by atoms with E-state index in [0.717, 1.165) is 63.8 Å². The highest BCUT2D eigenvalue weighted by Gasteiger charge is 2.38. The number of methoxy groups -OCH3 is 2. The number of nitrogens with zero attached hydrogens (tertiary/aromatic N) is 4. The van der Waals surface area contributed by atoms with E-state index in [-0.39, 0.29) is 23.9 Å². The Morgan fingerprint density at radius 2 is 1.08 bits per heavy atom. The molecule has 2 saturated heterocycles. The summed E-state index contributed by atoms with van der Waals surface area (Å²) in [7, 11) is 2.57. The first kappa shape index (κ1) is 40.6. The highest BCUT2D eigenvalue weighted by atomic mass is 32.1. The van der Waals surface area contributed by atoms with Crippen LogP contribution in [-0.2, 0) is 19.1 Å². The zero-order valence-electron chi connectivity index (χ0n) is 34.0. The number of thiophene rings is 2. The van der Waals surface area contributed by atoms with E-state index in [1.807, 2.05) is 73.1 Å². The molecule has 0 radical (unpaired) electrons. The lowest BCUT2D eigenvalue weighted by molar-refractivity contribution is -0.135. The van der Waals surface area contributed by atoms with Gasteiger partial charge in [0.1, 0.15) is 23.7 Å². The summed E-state index contributed by atoms with van der Waals surface area (Å²) >= 11 is 3.42. The Kier molecular flexibility index (Phi) is 11.6. The van der Waals surface area contributed by atoms with Crippen molar-refractivity contribution in [2.45, 2.75) is 49.9 Å². The third-order valence-corrected chi connectivity index (χ3v) is 13.9. The van der Waals surface area contributed by atoms with Crippen LogP contribution < -0.4 is 10.6 Å². The Bertz CT molecular complexity index is 2680. The van der Waals surface area contributed by atoms with Crippen molar-refractivity contribution in [2.75, 3.05) is 27.3 Å². The van der Waals surface area contributed by atoms with Crippen molar-refractivity contribution in [3.8, 4) is 32.3 Å². The highest BCUT2D eigenvalue weighted by Crippen LogP contribution is 2.43. The molecular weight excluding hydrogens is 825 g/mol. The second kappa shape index (κ2) is 17.7. The molecule has 9 rings (SSSR count). The van der Waals surface area contributed by atoms with Crippen LogP contribution in [-0.4, -0.2) is 81.0 Å². The van der Waals surface area contributed by atoms with E-state index in [1.165, 1.54) is 23.6 Å². The maximum atomic E-state index is 13.9. The minimum Gasteiger partial charge on any atom is -0.453 e. The van der Waals surface area contributed by atoms with Crippen molar-refractivity contribution in [2.24, 2.45) is 0 Å². The van der Waals surface area contributed by atoms with Gasteiger partial charge in [0.15, 0.2) is 0 Å². The van der Waals surface area contributed by atoms with Gasteiger partial charge in [-0.3, -0.25) is 9.59 Å². The molecule has 316 valence electrons. The van der Waals surface area contributed by atoms with Gasteiger partial charge in [-0.1, -0.05) is 84.9 Å². The molecule has 0 bridgehead atoms. The molecule has 4 amide bonds. The average Bonchev–Trinajstić information content (AvgIpc) is 4.17. The Morgan fingerprint density at radius 1 is 0.629 bits per heavy atom. The van der Waals surface area contributed by atoms with E-state index in [0.29, 0.717) is 30.0 Å². The quantitative estimate of drug-likeness (QED) is 0.0997. The normalized spacial score (nSPS) is 17.2. The minimum atomic E-state index is -0.880. The van der Waals surface area contributed by atoms with Crippen molar-refractivity contribution < 1.29 is 28.7 Å². The molecule has 0 saturated carbocycles. The molecule has 7 aromatic rings. The number of rotatable bonds is 11. The Labute approximate surface area is 365 Å². The van der Waals surface area contributed by atoms with Crippen LogP contribution in [0.1, 0.15) is 72.6 Å². The van der Waals surface area contributed by atoms with E-state index >= 15 is 0 Å². The van der Waals surface area contributed by atoms with Crippen molar-refractivity contribution >= 4 is 56.1 Å². The number of imidazole rings is 2. The topological polar surface area (TPSA) is 175 Å². The number of carbonyl (C=O) groups excluding carboxylic acids is 4. The van der Waals surface area contributed by atoms with E-state index in [4.69, 9.17) is 19.4 Å². The van der Waals surface area contributed by atoms with Crippen LogP contribution in [0.4, 0.5) is 9.59 Å². The fourth-order valence-electron chi connectivity index (χ4n) is 8.39. The average molecular weight is 869 g/mol. The van der Waals surface area contributed by atoms with Gasteiger partial charge in [0.25, 0.3) is 11.8 Å². The summed E-state index contributed by atoms with van der Waals surface area (Å²) in [6.45, 7) is 1.11. The van der Waals surface area contributed by atoms with Crippen molar-refractivity contribution in [3.05, 3.63) is 132 Å². The van der Waals surface area contributed by atoms with Gasteiger partial charge < -0.3 is 39.9 Å². The van der Waals surface area contributed by atoms with Gasteiger partial charge in [0.2, 0.25) is 0 Å². The van der Waals surface area contributed by atoms with E-state index in [1.54, 1.807) is 32.5 Å². The van der Waals surface area contributed by atoms with Crippen molar-refractivity contribution in [1.82, 2.24) is 40.4 Å². The smallest absolute Gasteiger partial charge is 0.407 e. The van der Waals surface area contributed by atoms with Gasteiger partial charge in [-0.05, 0) is 60.1 Å². The number of benzene rings is 3. The first-order valence-corrected chi connectivity index (χ1v) is 22.1. The number of hydrogen-bond donors (Lipinski definition) is 4. The summed E-state index contributed by atoms with van der Waals surface area (Å²) in [5.41, 5.74) is 5.19. The van der Waals surface area contributed by atoms with Gasteiger partial charge in [0, 0.05) is 27.4 Å². The number of likely N-dealkylation sites (tertiary alicyclic amines) is 2. The van der Waals surface area contributed by atoms with E-state index in [2.05, 4.69) is 57.0 Å². The Balaban J connectivity index is 0.869. The maximum absolute atomic E-state index is 13.9. The number of hydrogen-bond acceptors (Lipinski definition) is 10. The van der Waals surface area contributed by atoms with E-state index in [9.17, 15) is 19.2 Å². The molecule has 4 N–H and O–H groups in total. The molecule has 3 aromatic carbocycles. The molecule has 16 heteroatoms. The van der Waals surface area contributed by atoms with Crippen LogP contribution in [0.2, 0.25) is 0 Å². The van der Waals surface area contributed by atoms with Crippen LogP contribution in [0.3, 0.4) is 0 Å². The molecule has 14 nitrogen and oxygen atoms in total.